The second-order valence-corrected chi connectivity index (χ2v) is 4.36. The van der Waals surface area contributed by atoms with Gasteiger partial charge in [0.2, 0.25) is 5.91 Å². The molecule has 2 rings (SSSR count). The first-order chi connectivity index (χ1) is 6.20. The summed E-state index contributed by atoms with van der Waals surface area (Å²) in [4.78, 5) is 13.2. The van der Waals surface area contributed by atoms with Crippen molar-refractivity contribution in [3.05, 3.63) is 27.3 Å². The highest BCUT2D eigenvalue weighted by molar-refractivity contribution is 14.1. The van der Waals surface area contributed by atoms with Crippen molar-refractivity contribution in [2.45, 2.75) is 12.8 Å². The third-order valence-corrected chi connectivity index (χ3v) is 3.26. The quantitative estimate of drug-likeness (QED) is 0.670. The lowest BCUT2D eigenvalue weighted by Gasteiger charge is -2.26. The Morgan fingerprint density at radius 2 is 2.15 bits per heavy atom. The number of halogens is 1. The molecule has 1 aromatic carbocycles. The van der Waals surface area contributed by atoms with Crippen LogP contribution in [0.4, 0.5) is 5.69 Å². The Morgan fingerprint density at radius 3 is 2.92 bits per heavy atom. The largest absolute Gasteiger partial charge is 0.314 e. The summed E-state index contributed by atoms with van der Waals surface area (Å²) < 4.78 is 1.16. The Morgan fingerprint density at radius 1 is 1.38 bits per heavy atom. The number of benzene rings is 1. The van der Waals surface area contributed by atoms with Crippen molar-refractivity contribution in [3.63, 3.8) is 0 Å². The molecule has 0 bridgehead atoms. The number of rotatable bonds is 0. The average molecular weight is 287 g/mol. The summed E-state index contributed by atoms with van der Waals surface area (Å²) >= 11 is 2.27. The van der Waals surface area contributed by atoms with Gasteiger partial charge in [0.15, 0.2) is 0 Å². The van der Waals surface area contributed by atoms with Gasteiger partial charge in [-0.3, -0.25) is 4.79 Å². The van der Waals surface area contributed by atoms with Crippen molar-refractivity contribution in [3.8, 4) is 0 Å². The van der Waals surface area contributed by atoms with Crippen molar-refractivity contribution in [1.29, 1.82) is 0 Å². The van der Waals surface area contributed by atoms with Gasteiger partial charge in [0.05, 0.1) is 5.69 Å². The molecule has 0 N–H and O–H groups in total. The number of carbonyl (C=O) groups excluding carboxylic acids is 1. The van der Waals surface area contributed by atoms with E-state index in [4.69, 9.17) is 0 Å². The molecule has 1 aliphatic rings. The molecular weight excluding hydrogens is 277 g/mol. The number of carbonyl (C=O) groups is 1. The van der Waals surface area contributed by atoms with Gasteiger partial charge in [-0.25, -0.2) is 0 Å². The first kappa shape index (κ1) is 8.99. The van der Waals surface area contributed by atoms with Crippen LogP contribution < -0.4 is 4.90 Å². The van der Waals surface area contributed by atoms with Crippen molar-refractivity contribution in [2.24, 2.45) is 0 Å². The molecule has 1 amide bonds. The van der Waals surface area contributed by atoms with Crippen molar-refractivity contribution in [2.75, 3.05) is 11.9 Å². The monoisotopic (exact) mass is 287 g/mol. The zero-order valence-corrected chi connectivity index (χ0v) is 9.54. The number of nitrogens with zero attached hydrogens (tertiary/aromatic N) is 1. The van der Waals surface area contributed by atoms with Gasteiger partial charge >= 0.3 is 0 Å². The number of aryl methyl sites for hydroxylation is 1. The van der Waals surface area contributed by atoms with Gasteiger partial charge in [0.25, 0.3) is 0 Å². The summed E-state index contributed by atoms with van der Waals surface area (Å²) in [5, 5.41) is 0. The van der Waals surface area contributed by atoms with E-state index in [-0.39, 0.29) is 5.91 Å². The molecule has 68 valence electrons. The maximum absolute atomic E-state index is 11.4. The predicted octanol–water partition coefficient (Wildman–Crippen LogP) is 2.20. The number of para-hydroxylation sites is 1. The number of anilines is 1. The molecule has 0 aliphatic carbocycles. The van der Waals surface area contributed by atoms with Crippen molar-refractivity contribution in [1.82, 2.24) is 0 Å². The molecule has 0 aromatic heterocycles. The molecule has 1 heterocycles. The normalized spacial score (nSPS) is 15.8. The smallest absolute Gasteiger partial charge is 0.227 e. The first-order valence-corrected chi connectivity index (χ1v) is 5.32. The van der Waals surface area contributed by atoms with Gasteiger partial charge in [-0.1, -0.05) is 12.1 Å². The Balaban J connectivity index is 2.57. The SMILES string of the molecule is CN1C(=O)CCc2cccc(I)c21. The fourth-order valence-corrected chi connectivity index (χ4v) is 2.59. The minimum Gasteiger partial charge on any atom is -0.314 e. The van der Waals surface area contributed by atoms with E-state index in [2.05, 4.69) is 28.7 Å². The third-order valence-electron chi connectivity index (χ3n) is 2.39. The van der Waals surface area contributed by atoms with Gasteiger partial charge in [0, 0.05) is 17.0 Å². The van der Waals surface area contributed by atoms with Gasteiger partial charge in [-0.2, -0.15) is 0 Å². The van der Waals surface area contributed by atoms with E-state index in [0.29, 0.717) is 6.42 Å². The summed E-state index contributed by atoms with van der Waals surface area (Å²) in [6, 6.07) is 6.18. The standard InChI is InChI=1S/C10H10INO/c1-12-9(13)6-5-7-3-2-4-8(11)10(7)12/h2-4H,5-6H2,1H3. The van der Waals surface area contributed by atoms with Crippen LogP contribution in [0.1, 0.15) is 12.0 Å². The van der Waals surface area contributed by atoms with Gasteiger partial charge < -0.3 is 4.90 Å². The molecule has 13 heavy (non-hydrogen) atoms. The zero-order valence-electron chi connectivity index (χ0n) is 7.38. The summed E-state index contributed by atoms with van der Waals surface area (Å²) in [6.07, 6.45) is 1.53. The Hall–Kier alpha value is -0.580. The molecule has 0 spiro atoms. The van der Waals surface area contributed by atoms with Gasteiger partial charge in [0.1, 0.15) is 0 Å². The predicted molar refractivity (Wildman–Crippen MR) is 60.9 cm³/mol. The molecule has 0 saturated carbocycles. The lowest BCUT2D eigenvalue weighted by atomic mass is 10.0. The average Bonchev–Trinajstić information content (AvgIpc) is 2.12. The minimum absolute atomic E-state index is 0.219. The van der Waals surface area contributed by atoms with Crippen LogP contribution in [0.15, 0.2) is 18.2 Å². The van der Waals surface area contributed by atoms with Crippen LogP contribution in [0, 0.1) is 3.57 Å². The summed E-state index contributed by atoms with van der Waals surface area (Å²) in [7, 11) is 1.85. The molecule has 0 saturated heterocycles. The lowest BCUT2D eigenvalue weighted by Crippen LogP contribution is -2.31. The molecule has 0 atom stereocenters. The van der Waals surface area contributed by atoms with Gasteiger partial charge in [-0.15, -0.1) is 0 Å². The van der Waals surface area contributed by atoms with Gasteiger partial charge in [-0.05, 0) is 40.6 Å². The van der Waals surface area contributed by atoms with Crippen molar-refractivity contribution >= 4 is 34.2 Å². The Bertz CT molecular complexity index is 362. The van der Waals surface area contributed by atoms with E-state index in [1.165, 1.54) is 5.56 Å². The molecule has 0 fully saturated rings. The van der Waals surface area contributed by atoms with Crippen LogP contribution >= 0.6 is 22.6 Å². The maximum Gasteiger partial charge on any atom is 0.227 e. The highest BCUT2D eigenvalue weighted by atomic mass is 127. The molecule has 0 radical (unpaired) electrons. The summed E-state index contributed by atoms with van der Waals surface area (Å²) in [5.41, 5.74) is 2.38. The number of hydrogen-bond acceptors (Lipinski definition) is 1. The maximum atomic E-state index is 11.4. The molecule has 1 aromatic rings. The molecule has 3 heteroatoms. The van der Waals surface area contributed by atoms with Crippen molar-refractivity contribution < 1.29 is 4.79 Å². The highest BCUT2D eigenvalue weighted by Crippen LogP contribution is 2.31. The Labute approximate surface area is 91.1 Å². The number of amides is 1. The van der Waals surface area contributed by atoms with E-state index in [1.54, 1.807) is 4.90 Å². The Kier molecular flexibility index (Phi) is 2.27. The van der Waals surface area contributed by atoms with Crippen LogP contribution in [-0.4, -0.2) is 13.0 Å². The topological polar surface area (TPSA) is 20.3 Å². The van der Waals surface area contributed by atoms with Crippen LogP contribution in [0.3, 0.4) is 0 Å². The van der Waals surface area contributed by atoms with E-state index in [0.717, 1.165) is 15.7 Å². The van der Waals surface area contributed by atoms with E-state index < -0.39 is 0 Å². The molecule has 1 aliphatic heterocycles. The second kappa shape index (κ2) is 3.29. The third kappa shape index (κ3) is 1.45. The van der Waals surface area contributed by atoms with E-state index >= 15 is 0 Å². The molecule has 0 unspecified atom stereocenters. The van der Waals surface area contributed by atoms with E-state index in [1.807, 2.05) is 19.2 Å². The highest BCUT2D eigenvalue weighted by Gasteiger charge is 2.22. The fraction of sp³-hybridized carbons (Fsp3) is 0.300. The van der Waals surface area contributed by atoms with E-state index in [9.17, 15) is 4.79 Å². The van der Waals surface area contributed by atoms with Crippen LogP contribution in [0.2, 0.25) is 0 Å². The lowest BCUT2D eigenvalue weighted by molar-refractivity contribution is -0.118. The molecule has 2 nitrogen and oxygen atoms in total. The minimum atomic E-state index is 0.219. The second-order valence-electron chi connectivity index (χ2n) is 3.20. The first-order valence-electron chi connectivity index (χ1n) is 4.24. The van der Waals surface area contributed by atoms with Crippen LogP contribution in [0.25, 0.3) is 0 Å². The summed E-state index contributed by atoms with van der Waals surface area (Å²) in [6.45, 7) is 0. The van der Waals surface area contributed by atoms with Crippen LogP contribution in [-0.2, 0) is 11.2 Å². The zero-order chi connectivity index (χ0) is 9.42. The fourth-order valence-electron chi connectivity index (χ4n) is 1.67. The number of fused-ring (bicyclic) bond motifs is 1. The van der Waals surface area contributed by atoms with Crippen LogP contribution in [0.5, 0.6) is 0 Å². The number of hydrogen-bond donors (Lipinski definition) is 0. The summed E-state index contributed by atoms with van der Waals surface area (Å²) in [5.74, 6) is 0.219. The molecular formula is C10H10INO.